The Morgan fingerprint density at radius 2 is 2.36 bits per heavy atom. The zero-order chi connectivity index (χ0) is 7.26. The second-order valence-corrected chi connectivity index (χ2v) is 3.43. The summed E-state index contributed by atoms with van der Waals surface area (Å²) in [5.74, 6) is 0.750. The first-order valence-electron chi connectivity index (χ1n) is 4.22. The van der Waals surface area contributed by atoms with Crippen LogP contribution in [0.5, 0.6) is 0 Å². The maximum Gasteiger partial charge on any atom is 0.00327 e. The molecule has 1 atom stereocenters. The summed E-state index contributed by atoms with van der Waals surface area (Å²) < 4.78 is 0. The van der Waals surface area contributed by atoms with E-state index in [1.54, 1.807) is 16.7 Å². The molecule has 0 unspecified atom stereocenters. The molecule has 0 saturated heterocycles. The molecule has 0 amide bonds. The Morgan fingerprint density at radius 1 is 1.36 bits per heavy atom. The molecule has 11 heavy (non-hydrogen) atoms. The third-order valence-corrected chi connectivity index (χ3v) is 2.84. The van der Waals surface area contributed by atoms with Crippen molar-refractivity contribution in [3.63, 3.8) is 0 Å². The summed E-state index contributed by atoms with van der Waals surface area (Å²) >= 11 is 0. The van der Waals surface area contributed by atoms with Crippen LogP contribution in [0.2, 0.25) is 0 Å². The van der Waals surface area contributed by atoms with Gasteiger partial charge in [-0.1, -0.05) is 36.0 Å². The van der Waals surface area contributed by atoms with Crippen molar-refractivity contribution in [1.29, 1.82) is 0 Å². The van der Waals surface area contributed by atoms with E-state index >= 15 is 0 Å². The molecular weight excluding hydrogens is 132 g/mol. The Kier molecular flexibility index (Phi) is 0.894. The fourth-order valence-corrected chi connectivity index (χ4v) is 2.30. The van der Waals surface area contributed by atoms with Crippen molar-refractivity contribution in [2.24, 2.45) is 5.92 Å². The van der Waals surface area contributed by atoms with Crippen molar-refractivity contribution < 1.29 is 0 Å². The summed E-state index contributed by atoms with van der Waals surface area (Å²) in [6, 6.07) is 0. The summed E-state index contributed by atoms with van der Waals surface area (Å²) in [4.78, 5) is 0. The normalized spacial score (nSPS) is 31.3. The van der Waals surface area contributed by atoms with Gasteiger partial charge in [-0.2, -0.15) is 0 Å². The van der Waals surface area contributed by atoms with Crippen LogP contribution < -0.4 is 0 Å². The Labute approximate surface area is 66.6 Å². The van der Waals surface area contributed by atoms with Gasteiger partial charge in [-0.05, 0) is 24.0 Å². The Hall–Kier alpha value is -1.04. The number of rotatable bonds is 0. The van der Waals surface area contributed by atoms with E-state index in [0.717, 1.165) is 5.92 Å². The van der Waals surface area contributed by atoms with Crippen LogP contribution in [0.3, 0.4) is 0 Å². The van der Waals surface area contributed by atoms with Crippen molar-refractivity contribution in [2.75, 3.05) is 0 Å². The molecule has 0 N–H and O–H groups in total. The predicted octanol–water partition coefficient (Wildman–Crippen LogP) is 2.76. The van der Waals surface area contributed by atoms with Crippen LogP contribution in [0.4, 0.5) is 0 Å². The summed E-state index contributed by atoms with van der Waals surface area (Å²) in [7, 11) is 0. The lowest BCUT2D eigenvalue weighted by Gasteiger charge is -2.09. The lowest BCUT2D eigenvalue weighted by molar-refractivity contribution is 0.772. The third-order valence-electron chi connectivity index (χ3n) is 2.84. The van der Waals surface area contributed by atoms with E-state index in [9.17, 15) is 0 Å². The largest absolute Gasteiger partial charge is 0.0798 e. The molecule has 3 aliphatic carbocycles. The molecule has 0 aromatic carbocycles. The first kappa shape index (κ1) is 5.59. The number of allylic oxidation sites excluding steroid dienone is 8. The van der Waals surface area contributed by atoms with E-state index in [1.807, 2.05) is 0 Å². The molecule has 0 radical (unpaired) electrons. The summed E-state index contributed by atoms with van der Waals surface area (Å²) in [6.07, 6.45) is 13.8. The SMILES string of the molecule is C1=C[C@H]2CC(=C1)C1=C2CC=C1. The lowest BCUT2D eigenvalue weighted by atomic mass is 9.96. The van der Waals surface area contributed by atoms with Gasteiger partial charge in [0.2, 0.25) is 0 Å². The van der Waals surface area contributed by atoms with E-state index < -0.39 is 0 Å². The summed E-state index contributed by atoms with van der Waals surface area (Å²) in [5.41, 5.74) is 4.76. The minimum atomic E-state index is 0.750. The maximum absolute atomic E-state index is 2.33. The highest BCUT2D eigenvalue weighted by atomic mass is 14.3. The van der Waals surface area contributed by atoms with Crippen molar-refractivity contribution in [2.45, 2.75) is 12.8 Å². The van der Waals surface area contributed by atoms with Gasteiger partial charge in [0, 0.05) is 5.92 Å². The number of hydrogen-bond donors (Lipinski definition) is 0. The van der Waals surface area contributed by atoms with Gasteiger partial charge in [0.25, 0.3) is 0 Å². The van der Waals surface area contributed by atoms with Gasteiger partial charge in [0.05, 0.1) is 0 Å². The summed E-state index contributed by atoms with van der Waals surface area (Å²) in [6.45, 7) is 0. The highest BCUT2D eigenvalue weighted by molar-refractivity contribution is 5.57. The van der Waals surface area contributed by atoms with Crippen LogP contribution in [-0.2, 0) is 0 Å². The Balaban J connectivity index is 2.22. The van der Waals surface area contributed by atoms with E-state index in [2.05, 4.69) is 30.4 Å². The van der Waals surface area contributed by atoms with Crippen LogP contribution in [0, 0.1) is 5.92 Å². The summed E-state index contributed by atoms with van der Waals surface area (Å²) in [5, 5.41) is 0. The molecule has 0 aliphatic heterocycles. The topological polar surface area (TPSA) is 0 Å². The molecule has 2 bridgehead atoms. The molecule has 0 spiro atoms. The molecule has 3 rings (SSSR count). The van der Waals surface area contributed by atoms with Crippen LogP contribution in [0.25, 0.3) is 0 Å². The quantitative estimate of drug-likeness (QED) is 0.488. The van der Waals surface area contributed by atoms with Gasteiger partial charge in [0.15, 0.2) is 0 Å². The average molecular weight is 142 g/mol. The van der Waals surface area contributed by atoms with Crippen molar-refractivity contribution in [3.8, 4) is 0 Å². The maximum atomic E-state index is 2.33. The molecule has 0 heterocycles. The van der Waals surface area contributed by atoms with Gasteiger partial charge in [-0.15, -0.1) is 0 Å². The average Bonchev–Trinajstić information content (AvgIpc) is 2.58. The highest BCUT2D eigenvalue weighted by Gasteiger charge is 2.28. The molecule has 0 aromatic rings. The zero-order valence-corrected chi connectivity index (χ0v) is 6.38. The van der Waals surface area contributed by atoms with Gasteiger partial charge < -0.3 is 0 Å². The molecule has 0 aromatic heterocycles. The second kappa shape index (κ2) is 1.76. The van der Waals surface area contributed by atoms with Crippen LogP contribution in [0.15, 0.2) is 47.1 Å². The Bertz CT molecular complexity index is 324. The smallest absolute Gasteiger partial charge is 0.00327 e. The number of hydrogen-bond acceptors (Lipinski definition) is 0. The minimum Gasteiger partial charge on any atom is -0.0798 e. The highest BCUT2D eigenvalue weighted by Crippen LogP contribution is 2.44. The third kappa shape index (κ3) is 0.597. The van der Waals surface area contributed by atoms with Gasteiger partial charge >= 0.3 is 0 Å². The standard InChI is InChI=1S/C11H10/c1-3-8-7-9(4-1)11-6-2-5-10(8)11/h1-5,9H,6-7H2/t9-/m0/s1. The van der Waals surface area contributed by atoms with Crippen molar-refractivity contribution >= 4 is 0 Å². The van der Waals surface area contributed by atoms with Crippen LogP contribution in [0.1, 0.15) is 12.8 Å². The van der Waals surface area contributed by atoms with E-state index in [4.69, 9.17) is 0 Å². The monoisotopic (exact) mass is 142 g/mol. The van der Waals surface area contributed by atoms with Gasteiger partial charge in [0.1, 0.15) is 0 Å². The molecule has 3 aliphatic rings. The lowest BCUT2D eigenvalue weighted by Crippen LogP contribution is -1.95. The zero-order valence-electron chi connectivity index (χ0n) is 6.38. The van der Waals surface area contributed by atoms with Crippen molar-refractivity contribution in [3.05, 3.63) is 47.1 Å². The molecule has 0 saturated carbocycles. The fraction of sp³-hybridized carbons (Fsp3) is 0.273. The minimum absolute atomic E-state index is 0.750. The molecule has 0 nitrogen and oxygen atoms in total. The van der Waals surface area contributed by atoms with Crippen molar-refractivity contribution in [1.82, 2.24) is 0 Å². The van der Waals surface area contributed by atoms with E-state index in [0.29, 0.717) is 0 Å². The predicted molar refractivity (Wildman–Crippen MR) is 46.1 cm³/mol. The first-order valence-corrected chi connectivity index (χ1v) is 4.22. The molecule has 0 heteroatoms. The second-order valence-electron chi connectivity index (χ2n) is 3.43. The van der Waals surface area contributed by atoms with Crippen LogP contribution in [-0.4, -0.2) is 0 Å². The van der Waals surface area contributed by atoms with Gasteiger partial charge in [-0.3, -0.25) is 0 Å². The Morgan fingerprint density at radius 3 is 3.36 bits per heavy atom. The van der Waals surface area contributed by atoms with E-state index in [1.165, 1.54) is 12.8 Å². The van der Waals surface area contributed by atoms with Crippen LogP contribution >= 0.6 is 0 Å². The molecule has 0 fully saturated rings. The van der Waals surface area contributed by atoms with E-state index in [-0.39, 0.29) is 0 Å². The van der Waals surface area contributed by atoms with Gasteiger partial charge in [-0.25, -0.2) is 0 Å². The fourth-order valence-electron chi connectivity index (χ4n) is 2.30. The first-order chi connectivity index (χ1) is 5.45. The molecule has 54 valence electrons. The molecular formula is C11H10. The number of fused-ring (bicyclic) bond motifs is 4.